The third-order valence-electron chi connectivity index (χ3n) is 11.9. The van der Waals surface area contributed by atoms with E-state index in [2.05, 4.69) is 73.6 Å². The van der Waals surface area contributed by atoms with E-state index in [0.717, 1.165) is 11.1 Å². The maximum Gasteiger partial charge on any atom is 0.265 e. The number of hydrogen-bond donors (Lipinski definition) is 3. The zero-order chi connectivity index (χ0) is 52.0. The molecule has 0 bridgehead atoms. The minimum Gasteiger partial charge on any atom is -0.348 e. The molecule has 2 fully saturated rings. The maximum absolute atomic E-state index is 13.5. The van der Waals surface area contributed by atoms with E-state index in [1.165, 1.54) is 63.7 Å². The van der Waals surface area contributed by atoms with Gasteiger partial charge in [-0.3, -0.25) is 43.0 Å². The van der Waals surface area contributed by atoms with Crippen LogP contribution >= 0.6 is 34.8 Å². The minimum atomic E-state index is -0.590. The molecule has 6 aromatic heterocycles. The zero-order valence-electron chi connectivity index (χ0n) is 40.1. The molecule has 4 amide bonds. The van der Waals surface area contributed by atoms with Gasteiger partial charge in [0.15, 0.2) is 0 Å². The number of nitrogens with one attached hydrogen (secondary N) is 3. The Morgan fingerprint density at radius 2 is 1.11 bits per heavy atom. The molecule has 0 atom stereocenters. The Morgan fingerprint density at radius 1 is 0.630 bits per heavy atom. The molecule has 10 rings (SSSR count). The minimum absolute atomic E-state index is 0.0462. The van der Waals surface area contributed by atoms with Crippen molar-refractivity contribution >= 4 is 80.5 Å². The van der Waals surface area contributed by atoms with Crippen LogP contribution in [0.3, 0.4) is 0 Å². The predicted molar refractivity (Wildman–Crippen MR) is 274 cm³/mol. The summed E-state index contributed by atoms with van der Waals surface area (Å²) in [6.45, 7) is 10.8. The number of pyridine rings is 4. The van der Waals surface area contributed by atoms with Gasteiger partial charge >= 0.3 is 0 Å². The van der Waals surface area contributed by atoms with Crippen LogP contribution in [-0.2, 0) is 35.8 Å². The summed E-state index contributed by atoms with van der Waals surface area (Å²) in [5, 5.41) is 18.1. The van der Waals surface area contributed by atoms with Gasteiger partial charge in [0.05, 0.1) is 10.7 Å². The number of carbonyl (C=O) groups excluding carboxylic acids is 4. The Morgan fingerprint density at radius 3 is 1.53 bits per heavy atom. The number of aromatic nitrogens is 10. The molecule has 2 aromatic carbocycles. The fourth-order valence-corrected chi connectivity index (χ4v) is 8.81. The van der Waals surface area contributed by atoms with Crippen LogP contribution in [0.15, 0.2) is 120 Å². The normalized spacial score (nSPS) is 14.2. The number of hydrogen-bond acceptors (Lipinski definition) is 12. The fraction of sp³-hybridized carbons (Fsp3) is 0.280. The van der Waals surface area contributed by atoms with E-state index in [0.29, 0.717) is 57.7 Å². The molecule has 8 heterocycles. The number of H-pyrrole nitrogens is 1. The first-order valence-electron chi connectivity index (χ1n) is 22.8. The van der Waals surface area contributed by atoms with Crippen LogP contribution in [0.2, 0.25) is 15.1 Å². The van der Waals surface area contributed by atoms with Gasteiger partial charge in [0.1, 0.15) is 60.8 Å². The number of nitrogens with zero attached hydrogens (tertiary/aromatic N) is 11. The largest absolute Gasteiger partial charge is 0.348 e. The van der Waals surface area contributed by atoms with Gasteiger partial charge in [0, 0.05) is 72.5 Å². The molecule has 2 aliphatic rings. The maximum atomic E-state index is 13.5. The van der Waals surface area contributed by atoms with Crippen LogP contribution in [0.1, 0.15) is 59.5 Å². The van der Waals surface area contributed by atoms with Gasteiger partial charge in [-0.25, -0.2) is 24.6 Å². The average molecular weight is 1050 g/mol. The van der Waals surface area contributed by atoms with Crippen molar-refractivity contribution in [1.29, 1.82) is 0 Å². The van der Waals surface area contributed by atoms with Gasteiger partial charge in [-0.15, -0.1) is 0 Å². The van der Waals surface area contributed by atoms with Crippen molar-refractivity contribution in [2.75, 3.05) is 26.2 Å². The Balaban J connectivity index is 0.000000179. The number of carbonyl (C=O) groups is 4. The molecule has 2 aliphatic heterocycles. The number of aromatic amines is 1. The van der Waals surface area contributed by atoms with E-state index in [9.17, 15) is 28.8 Å². The highest BCUT2D eigenvalue weighted by atomic mass is 35.5. The summed E-state index contributed by atoms with van der Waals surface area (Å²) in [4.78, 5) is 98.1. The highest BCUT2D eigenvalue weighted by molar-refractivity contribution is 6.35. The first kappa shape index (κ1) is 51.5. The summed E-state index contributed by atoms with van der Waals surface area (Å²) < 4.78 is 4.01. The van der Waals surface area contributed by atoms with E-state index in [1.54, 1.807) is 70.5 Å². The van der Waals surface area contributed by atoms with Crippen LogP contribution in [0, 0.1) is 10.8 Å². The van der Waals surface area contributed by atoms with Crippen LogP contribution in [0.4, 0.5) is 0 Å². The van der Waals surface area contributed by atoms with Crippen molar-refractivity contribution in [2.45, 2.75) is 53.9 Å². The van der Waals surface area contributed by atoms with Gasteiger partial charge in [0.25, 0.3) is 22.9 Å². The quantitative estimate of drug-likeness (QED) is 0.141. The highest BCUT2D eigenvalue weighted by Gasteiger charge is 2.38. The molecule has 0 aliphatic carbocycles. The molecule has 23 heteroatoms. The smallest absolute Gasteiger partial charge is 0.265 e. The first-order valence-corrected chi connectivity index (χ1v) is 23.9. The van der Waals surface area contributed by atoms with Crippen LogP contribution in [0.25, 0.3) is 27.8 Å². The van der Waals surface area contributed by atoms with E-state index in [4.69, 9.17) is 34.8 Å². The second kappa shape index (κ2) is 21.9. The molecular weight excluding hydrogens is 999 g/mol. The lowest BCUT2D eigenvalue weighted by Gasteiger charge is -2.45. The van der Waals surface area contributed by atoms with Crippen molar-refractivity contribution in [1.82, 2.24) is 69.5 Å². The van der Waals surface area contributed by atoms with Crippen LogP contribution in [0.5, 0.6) is 0 Å². The van der Waals surface area contributed by atoms with Crippen molar-refractivity contribution < 1.29 is 19.2 Å². The first-order chi connectivity index (χ1) is 34.9. The van der Waals surface area contributed by atoms with Gasteiger partial charge < -0.3 is 20.4 Å². The SMILES string of the molecule is CC1(C)CN(C(=O)Cn2c(=O)c(C(=O)NCc3ccc(Cl)cc3)cc3c(-n4cncn4)ccnc32)C1.CC1(C)CN(C(=O)Cn2c(=O)c(C(=O)NCc3ccc(Cl)cc3)cc3c(Cl)ccnc32)C1.c1nc[nH]n1. The Hall–Kier alpha value is -7.81. The zero-order valence-corrected chi connectivity index (χ0v) is 42.3. The van der Waals surface area contributed by atoms with E-state index < -0.39 is 22.9 Å². The molecule has 2 saturated heterocycles. The fourth-order valence-electron chi connectivity index (χ4n) is 8.36. The van der Waals surface area contributed by atoms with Gasteiger partial charge in [-0.1, -0.05) is 86.8 Å². The summed E-state index contributed by atoms with van der Waals surface area (Å²) in [5.41, 5.74) is 1.53. The van der Waals surface area contributed by atoms with Crippen molar-refractivity contribution in [3.63, 3.8) is 0 Å². The van der Waals surface area contributed by atoms with E-state index in [1.807, 2.05) is 0 Å². The lowest BCUT2D eigenvalue weighted by atomic mass is 9.84. The molecule has 3 N–H and O–H groups in total. The number of halogens is 3. The van der Waals surface area contributed by atoms with E-state index >= 15 is 0 Å². The molecule has 0 radical (unpaired) electrons. The van der Waals surface area contributed by atoms with E-state index in [-0.39, 0.29) is 71.2 Å². The van der Waals surface area contributed by atoms with Crippen molar-refractivity contribution in [3.8, 4) is 5.69 Å². The van der Waals surface area contributed by atoms with Crippen molar-refractivity contribution in [2.24, 2.45) is 10.8 Å². The van der Waals surface area contributed by atoms with Crippen LogP contribution in [-0.4, -0.2) is 109 Å². The van der Waals surface area contributed by atoms with Gasteiger partial charge in [-0.05, 0) is 70.5 Å². The second-order valence-electron chi connectivity index (χ2n) is 18.9. The summed E-state index contributed by atoms with van der Waals surface area (Å²) in [5.74, 6) is -1.52. The number of benzene rings is 2. The molecule has 8 aromatic rings. The number of fused-ring (bicyclic) bond motifs is 2. The number of rotatable bonds is 11. The monoisotopic (exact) mass is 1050 g/mol. The molecule has 376 valence electrons. The lowest BCUT2D eigenvalue weighted by Crippen LogP contribution is -2.56. The topological polar surface area (TPSA) is 241 Å². The van der Waals surface area contributed by atoms with Gasteiger partial charge in [0.2, 0.25) is 11.8 Å². The lowest BCUT2D eigenvalue weighted by molar-refractivity contribution is -0.142. The third kappa shape index (κ3) is 12.3. The molecule has 0 unspecified atom stereocenters. The second-order valence-corrected chi connectivity index (χ2v) is 20.2. The Labute approximate surface area is 432 Å². The third-order valence-corrected chi connectivity index (χ3v) is 12.7. The standard InChI is InChI=1S/C25H24ClN7O3.C23H22Cl2N4O3.C2H3N3/c1-25(2)12-31(13-25)21(34)11-32-22-18(20(7-8-28-22)33-15-27-14-30-33)9-19(24(32)36)23(35)29-10-16-3-5-17(26)6-4-16;1-23(2)12-28(13-23)19(30)11-29-20-16(18(25)7-8-26-20)9-17(22(29)32)21(31)27-10-14-3-5-15(24)6-4-14;1-3-2-5-4-1/h3-9,14-15H,10-13H2,1-2H3,(H,29,35);3-9H,10-13H2,1-2H3,(H,27,31);1-2H,(H,3,4,5). The molecule has 0 saturated carbocycles. The summed E-state index contributed by atoms with van der Waals surface area (Å²) >= 11 is 18.2. The van der Waals surface area contributed by atoms with Crippen LogP contribution < -0.4 is 21.8 Å². The number of amides is 4. The Bertz CT molecular complexity index is 3400. The number of likely N-dealkylation sites (tertiary alicyclic amines) is 2. The Kier molecular flexibility index (Phi) is 15.5. The molecule has 0 spiro atoms. The highest BCUT2D eigenvalue weighted by Crippen LogP contribution is 2.30. The molecule has 73 heavy (non-hydrogen) atoms. The predicted octanol–water partition coefficient (Wildman–Crippen LogP) is 5.74. The molecular formula is C50H49Cl3N14O6. The average Bonchev–Trinajstić information content (AvgIpc) is 4.13. The summed E-state index contributed by atoms with van der Waals surface area (Å²) in [6, 6.07) is 20.3. The summed E-state index contributed by atoms with van der Waals surface area (Å²) in [7, 11) is 0. The van der Waals surface area contributed by atoms with Crippen molar-refractivity contribution in [3.05, 3.63) is 169 Å². The summed E-state index contributed by atoms with van der Waals surface area (Å²) in [6.07, 6.45) is 8.86. The molecule has 20 nitrogen and oxygen atoms in total. The van der Waals surface area contributed by atoms with Gasteiger partial charge in [-0.2, -0.15) is 10.2 Å².